The molecule has 0 aliphatic carbocycles. The molecule has 2 N–H and O–H groups in total. The van der Waals surface area contributed by atoms with E-state index in [0.717, 1.165) is 6.42 Å². The number of rotatable bonds is 4. The van der Waals surface area contributed by atoms with E-state index in [2.05, 4.69) is 16.8 Å². The number of hydrogen-bond acceptors (Lipinski definition) is 3. The summed E-state index contributed by atoms with van der Waals surface area (Å²) in [6.07, 6.45) is 0.825. The van der Waals surface area contributed by atoms with Crippen molar-refractivity contribution in [2.45, 2.75) is 45.7 Å². The summed E-state index contributed by atoms with van der Waals surface area (Å²) < 4.78 is 0. The number of carbonyl (C=O) groups is 2. The van der Waals surface area contributed by atoms with Gasteiger partial charge in [0, 0.05) is 17.5 Å². The van der Waals surface area contributed by atoms with E-state index in [1.54, 1.807) is 16.2 Å². The van der Waals surface area contributed by atoms with Crippen molar-refractivity contribution in [3.05, 3.63) is 21.9 Å². The summed E-state index contributed by atoms with van der Waals surface area (Å²) in [5, 5.41) is 13.9. The summed E-state index contributed by atoms with van der Waals surface area (Å²) in [5.74, 6) is -0.803. The fraction of sp³-hybridized carbons (Fsp3) is 0.600. The van der Waals surface area contributed by atoms with Crippen molar-refractivity contribution >= 4 is 23.3 Å². The van der Waals surface area contributed by atoms with Crippen LogP contribution >= 0.6 is 11.3 Å². The van der Waals surface area contributed by atoms with E-state index in [9.17, 15) is 9.59 Å². The minimum absolute atomic E-state index is 0.0395. The van der Waals surface area contributed by atoms with Gasteiger partial charge in [-0.25, -0.2) is 4.79 Å². The molecule has 0 fully saturated rings. The molecule has 6 heteroatoms. The van der Waals surface area contributed by atoms with Gasteiger partial charge in [-0.15, -0.1) is 11.3 Å². The highest BCUT2D eigenvalue weighted by Crippen LogP contribution is 2.32. The lowest BCUT2D eigenvalue weighted by molar-refractivity contribution is -0.137. The van der Waals surface area contributed by atoms with Crippen molar-refractivity contribution in [1.29, 1.82) is 0 Å². The lowest BCUT2D eigenvalue weighted by atomic mass is 10.00. The number of urea groups is 1. The SMILES string of the molecule is CC(C)C(CC(=O)O)NC(=O)N1CCc2sccc2C1C. The zero-order valence-corrected chi connectivity index (χ0v) is 13.4. The van der Waals surface area contributed by atoms with Gasteiger partial charge < -0.3 is 15.3 Å². The van der Waals surface area contributed by atoms with Crippen LogP contribution in [0.1, 0.15) is 43.7 Å². The van der Waals surface area contributed by atoms with Crippen LogP contribution in [0.3, 0.4) is 0 Å². The van der Waals surface area contributed by atoms with E-state index in [4.69, 9.17) is 5.11 Å². The Kier molecular flexibility index (Phi) is 4.88. The fourth-order valence-electron chi connectivity index (χ4n) is 2.67. The van der Waals surface area contributed by atoms with Crippen LogP contribution in [-0.4, -0.2) is 34.6 Å². The second kappa shape index (κ2) is 6.47. The van der Waals surface area contributed by atoms with Gasteiger partial charge in [-0.1, -0.05) is 13.8 Å². The predicted octanol–water partition coefficient (Wildman–Crippen LogP) is 2.88. The average molecular weight is 310 g/mol. The maximum absolute atomic E-state index is 12.5. The Morgan fingerprint density at radius 1 is 1.52 bits per heavy atom. The summed E-state index contributed by atoms with van der Waals surface area (Å²) in [5.41, 5.74) is 1.21. The predicted molar refractivity (Wildman–Crippen MR) is 82.6 cm³/mol. The van der Waals surface area contributed by atoms with E-state index in [1.807, 2.05) is 20.8 Å². The standard InChI is InChI=1S/C15H22N2O3S/c1-9(2)12(8-14(18)19)16-15(20)17-6-4-13-11(10(17)3)5-7-21-13/h5,7,9-10,12H,4,6,8H2,1-3H3,(H,16,20)(H,18,19). The Morgan fingerprint density at radius 2 is 2.24 bits per heavy atom. The molecule has 116 valence electrons. The molecule has 0 saturated heterocycles. The number of hydrogen-bond donors (Lipinski definition) is 2. The number of fused-ring (bicyclic) bond motifs is 1. The number of nitrogens with zero attached hydrogens (tertiary/aromatic N) is 1. The van der Waals surface area contributed by atoms with Crippen LogP contribution in [0, 0.1) is 5.92 Å². The number of carbonyl (C=O) groups excluding carboxylic acids is 1. The molecule has 1 aromatic rings. The molecule has 0 saturated carbocycles. The first-order valence-corrected chi connectivity index (χ1v) is 8.13. The Bertz CT molecular complexity index is 527. The molecule has 0 spiro atoms. The summed E-state index contributed by atoms with van der Waals surface area (Å²) in [7, 11) is 0. The Morgan fingerprint density at radius 3 is 2.86 bits per heavy atom. The third-order valence-electron chi connectivity index (χ3n) is 4.05. The summed E-state index contributed by atoms with van der Waals surface area (Å²) in [6.45, 7) is 6.54. The minimum Gasteiger partial charge on any atom is -0.481 e. The van der Waals surface area contributed by atoms with Crippen LogP contribution in [0.5, 0.6) is 0 Å². The second-order valence-electron chi connectivity index (χ2n) is 5.82. The smallest absolute Gasteiger partial charge is 0.318 e. The molecular formula is C15H22N2O3S. The molecule has 0 radical (unpaired) electrons. The Labute approximate surface area is 129 Å². The number of amides is 2. The van der Waals surface area contributed by atoms with Crippen molar-refractivity contribution in [3.63, 3.8) is 0 Å². The number of nitrogens with one attached hydrogen (secondary N) is 1. The van der Waals surface area contributed by atoms with Crippen LogP contribution in [-0.2, 0) is 11.2 Å². The molecule has 2 atom stereocenters. The van der Waals surface area contributed by atoms with Gasteiger partial charge in [-0.2, -0.15) is 0 Å². The Balaban J connectivity index is 2.05. The molecule has 1 aromatic heterocycles. The summed E-state index contributed by atoms with van der Waals surface area (Å²) in [4.78, 5) is 26.5. The molecule has 2 heterocycles. The number of carboxylic acid groups (broad SMARTS) is 1. The van der Waals surface area contributed by atoms with Crippen molar-refractivity contribution in [2.75, 3.05) is 6.54 Å². The fourth-order valence-corrected chi connectivity index (χ4v) is 3.63. The van der Waals surface area contributed by atoms with Gasteiger partial charge in [-0.05, 0) is 36.3 Å². The van der Waals surface area contributed by atoms with Crippen molar-refractivity contribution < 1.29 is 14.7 Å². The second-order valence-corrected chi connectivity index (χ2v) is 6.82. The van der Waals surface area contributed by atoms with E-state index < -0.39 is 5.97 Å². The lowest BCUT2D eigenvalue weighted by Crippen LogP contribution is -2.49. The van der Waals surface area contributed by atoms with Crippen molar-refractivity contribution in [3.8, 4) is 0 Å². The first-order valence-electron chi connectivity index (χ1n) is 7.25. The zero-order chi connectivity index (χ0) is 15.6. The van der Waals surface area contributed by atoms with Crippen molar-refractivity contribution in [1.82, 2.24) is 10.2 Å². The molecule has 1 aliphatic heterocycles. The van der Waals surface area contributed by atoms with Crippen LogP contribution in [0.15, 0.2) is 11.4 Å². The van der Waals surface area contributed by atoms with Gasteiger partial charge in [0.1, 0.15) is 0 Å². The highest BCUT2D eigenvalue weighted by Gasteiger charge is 2.30. The van der Waals surface area contributed by atoms with Crippen LogP contribution in [0.25, 0.3) is 0 Å². The third kappa shape index (κ3) is 3.56. The highest BCUT2D eigenvalue weighted by atomic mass is 32.1. The zero-order valence-electron chi connectivity index (χ0n) is 12.6. The van der Waals surface area contributed by atoms with E-state index in [-0.39, 0.29) is 30.5 Å². The molecule has 1 aliphatic rings. The molecule has 2 unspecified atom stereocenters. The largest absolute Gasteiger partial charge is 0.481 e. The van der Waals surface area contributed by atoms with Gasteiger partial charge >= 0.3 is 12.0 Å². The highest BCUT2D eigenvalue weighted by molar-refractivity contribution is 7.10. The van der Waals surface area contributed by atoms with Gasteiger partial charge in [0.15, 0.2) is 0 Å². The summed E-state index contributed by atoms with van der Waals surface area (Å²) in [6, 6.07) is 1.60. The monoisotopic (exact) mass is 310 g/mol. The number of aliphatic carboxylic acids is 1. The molecule has 21 heavy (non-hydrogen) atoms. The average Bonchev–Trinajstić information content (AvgIpc) is 2.86. The van der Waals surface area contributed by atoms with Gasteiger partial charge in [0.25, 0.3) is 0 Å². The molecule has 0 bridgehead atoms. The van der Waals surface area contributed by atoms with Crippen LogP contribution in [0.2, 0.25) is 0 Å². The first-order chi connectivity index (χ1) is 9.90. The van der Waals surface area contributed by atoms with Crippen LogP contribution in [0.4, 0.5) is 4.79 Å². The Hall–Kier alpha value is -1.56. The quantitative estimate of drug-likeness (QED) is 0.898. The minimum atomic E-state index is -0.888. The maximum atomic E-state index is 12.5. The van der Waals surface area contributed by atoms with Gasteiger partial charge in [0.2, 0.25) is 0 Å². The first kappa shape index (κ1) is 15.8. The number of carboxylic acids is 1. The molecule has 2 rings (SSSR count). The van der Waals surface area contributed by atoms with Crippen molar-refractivity contribution in [2.24, 2.45) is 5.92 Å². The molecule has 5 nitrogen and oxygen atoms in total. The normalized spacial score (nSPS) is 19.2. The van der Waals surface area contributed by atoms with Gasteiger partial charge in [-0.3, -0.25) is 4.79 Å². The van der Waals surface area contributed by atoms with Gasteiger partial charge in [0.05, 0.1) is 12.5 Å². The van der Waals surface area contributed by atoms with E-state index >= 15 is 0 Å². The topological polar surface area (TPSA) is 69.6 Å². The van der Waals surface area contributed by atoms with Crippen LogP contribution < -0.4 is 5.32 Å². The number of thiophene rings is 1. The molecular weight excluding hydrogens is 288 g/mol. The molecule has 0 aromatic carbocycles. The third-order valence-corrected chi connectivity index (χ3v) is 5.04. The summed E-state index contributed by atoms with van der Waals surface area (Å²) >= 11 is 1.73. The molecule has 2 amide bonds. The van der Waals surface area contributed by atoms with E-state index in [0.29, 0.717) is 6.54 Å². The maximum Gasteiger partial charge on any atom is 0.318 e. The van der Waals surface area contributed by atoms with E-state index in [1.165, 1.54) is 10.4 Å². The lowest BCUT2D eigenvalue weighted by Gasteiger charge is -2.35.